The van der Waals surface area contributed by atoms with Crippen molar-refractivity contribution < 1.29 is 23.8 Å². The number of benzene rings is 2. The molecule has 2 aromatic carbocycles. The second-order valence-electron chi connectivity index (χ2n) is 11.2. The summed E-state index contributed by atoms with van der Waals surface area (Å²) >= 11 is 0. The number of esters is 1. The Morgan fingerprint density at radius 2 is 1.79 bits per heavy atom. The normalized spacial score (nSPS) is 13.9. The van der Waals surface area contributed by atoms with Gasteiger partial charge >= 0.3 is 12.1 Å². The van der Waals surface area contributed by atoms with Gasteiger partial charge in [-0.2, -0.15) is 0 Å². The van der Waals surface area contributed by atoms with E-state index in [0.717, 1.165) is 54.3 Å². The number of ether oxygens (including phenoxy) is 3. The minimum atomic E-state index is -0.498. The SMILES string of the molecule is CCOC(=O)CCCCOc1ccc(-n2cnc3c2NC(Nc2ccc(CCCNC(=O)OC(C)(C)C)cc2)N=C3)cc1. The first-order chi connectivity index (χ1) is 20.7. The number of fused-ring (bicyclic) bond motifs is 1. The van der Waals surface area contributed by atoms with Gasteiger partial charge in [-0.05, 0) is 95.3 Å². The number of carbonyl (C=O) groups excluding carboxylic acids is 2. The summed E-state index contributed by atoms with van der Waals surface area (Å²) in [6.45, 7) is 8.86. The van der Waals surface area contributed by atoms with Crippen molar-refractivity contribution in [1.29, 1.82) is 0 Å². The number of amides is 1. The number of anilines is 2. The predicted octanol–water partition coefficient (Wildman–Crippen LogP) is 5.68. The van der Waals surface area contributed by atoms with E-state index in [0.29, 0.717) is 26.2 Å². The van der Waals surface area contributed by atoms with E-state index in [1.807, 2.05) is 68.7 Å². The van der Waals surface area contributed by atoms with Gasteiger partial charge in [0.1, 0.15) is 29.2 Å². The zero-order valence-corrected chi connectivity index (χ0v) is 25.4. The summed E-state index contributed by atoms with van der Waals surface area (Å²) in [7, 11) is 0. The number of hydrogen-bond acceptors (Lipinski definition) is 9. The van der Waals surface area contributed by atoms with E-state index in [4.69, 9.17) is 14.2 Å². The van der Waals surface area contributed by atoms with Crippen LogP contribution in [-0.4, -0.2) is 59.5 Å². The number of unbranched alkanes of at least 4 members (excludes halogenated alkanes) is 1. The van der Waals surface area contributed by atoms with Crippen LogP contribution >= 0.6 is 0 Å². The molecule has 0 aliphatic carbocycles. The molecule has 11 nitrogen and oxygen atoms in total. The fourth-order valence-electron chi connectivity index (χ4n) is 4.40. The lowest BCUT2D eigenvalue weighted by atomic mass is 10.1. The highest BCUT2D eigenvalue weighted by atomic mass is 16.6. The number of aliphatic imine (C=N–C) groups is 1. The number of aryl methyl sites for hydroxylation is 1. The fraction of sp³-hybridized carbons (Fsp3) is 0.438. The second-order valence-corrected chi connectivity index (χ2v) is 11.2. The Morgan fingerprint density at radius 3 is 2.51 bits per heavy atom. The van der Waals surface area contributed by atoms with Gasteiger partial charge in [0.05, 0.1) is 19.4 Å². The van der Waals surface area contributed by atoms with Gasteiger partial charge in [-0.25, -0.2) is 14.8 Å². The maximum Gasteiger partial charge on any atom is 0.407 e. The summed E-state index contributed by atoms with van der Waals surface area (Å²) in [4.78, 5) is 32.3. The van der Waals surface area contributed by atoms with Crippen molar-refractivity contribution in [2.24, 2.45) is 4.99 Å². The molecule has 43 heavy (non-hydrogen) atoms. The molecule has 1 amide bonds. The van der Waals surface area contributed by atoms with Crippen molar-refractivity contribution in [2.45, 2.75) is 71.7 Å². The number of rotatable bonds is 14. The molecule has 11 heteroatoms. The minimum absolute atomic E-state index is 0.164. The van der Waals surface area contributed by atoms with Crippen LogP contribution in [0.2, 0.25) is 0 Å². The van der Waals surface area contributed by atoms with Crippen LogP contribution in [0.3, 0.4) is 0 Å². The average molecular weight is 591 g/mol. The van der Waals surface area contributed by atoms with Crippen molar-refractivity contribution in [2.75, 3.05) is 30.4 Å². The van der Waals surface area contributed by atoms with Gasteiger partial charge in [-0.1, -0.05) is 12.1 Å². The highest BCUT2D eigenvalue weighted by Gasteiger charge is 2.20. The van der Waals surface area contributed by atoms with Crippen molar-refractivity contribution in [1.82, 2.24) is 14.9 Å². The summed E-state index contributed by atoms with van der Waals surface area (Å²) in [5.74, 6) is 1.45. The molecule has 230 valence electrons. The van der Waals surface area contributed by atoms with Crippen molar-refractivity contribution in [3.63, 3.8) is 0 Å². The number of alkyl carbamates (subject to hydrolysis) is 1. The largest absolute Gasteiger partial charge is 0.494 e. The monoisotopic (exact) mass is 590 g/mol. The summed E-state index contributed by atoms with van der Waals surface area (Å²) in [5.41, 5.74) is 3.32. The molecule has 3 aromatic rings. The third-order valence-electron chi connectivity index (χ3n) is 6.45. The molecule has 0 saturated heterocycles. The maximum atomic E-state index is 11.8. The molecule has 1 aliphatic heterocycles. The van der Waals surface area contributed by atoms with Crippen LogP contribution < -0.4 is 20.7 Å². The molecule has 0 spiro atoms. The number of nitrogens with zero attached hydrogens (tertiary/aromatic N) is 3. The Kier molecular flexibility index (Phi) is 11.0. The zero-order chi connectivity index (χ0) is 30.7. The molecule has 0 radical (unpaired) electrons. The fourth-order valence-corrected chi connectivity index (χ4v) is 4.40. The minimum Gasteiger partial charge on any atom is -0.494 e. The van der Waals surface area contributed by atoms with Crippen molar-refractivity contribution >= 4 is 29.8 Å². The Hall–Kier alpha value is -4.54. The van der Waals surface area contributed by atoms with Gasteiger partial charge < -0.3 is 30.2 Å². The van der Waals surface area contributed by atoms with E-state index >= 15 is 0 Å². The van der Waals surface area contributed by atoms with Gasteiger partial charge in [0, 0.05) is 24.3 Å². The number of imidazole rings is 1. The molecule has 2 heterocycles. The molecular weight excluding hydrogens is 548 g/mol. The van der Waals surface area contributed by atoms with Crippen LogP contribution in [0.4, 0.5) is 16.3 Å². The van der Waals surface area contributed by atoms with Crippen LogP contribution in [-0.2, 0) is 20.7 Å². The number of carbonyl (C=O) groups is 2. The molecule has 4 rings (SSSR count). The van der Waals surface area contributed by atoms with E-state index < -0.39 is 5.60 Å². The van der Waals surface area contributed by atoms with Crippen molar-refractivity contribution in [3.8, 4) is 11.4 Å². The molecular formula is C32H42N6O5. The Labute approximate surface area is 253 Å². The molecule has 3 N–H and O–H groups in total. The van der Waals surface area contributed by atoms with Crippen molar-refractivity contribution in [3.05, 3.63) is 66.1 Å². The first-order valence-electron chi connectivity index (χ1n) is 14.8. The van der Waals surface area contributed by atoms with E-state index in [1.165, 1.54) is 5.56 Å². The zero-order valence-electron chi connectivity index (χ0n) is 25.4. The Balaban J connectivity index is 1.23. The first kappa shape index (κ1) is 31.4. The van der Waals surface area contributed by atoms with Crippen LogP contribution in [0.5, 0.6) is 5.75 Å². The van der Waals surface area contributed by atoms with Gasteiger partial charge in [0.25, 0.3) is 0 Å². The van der Waals surface area contributed by atoms with Gasteiger partial charge in [-0.3, -0.25) is 9.36 Å². The van der Waals surface area contributed by atoms with E-state index in [1.54, 1.807) is 12.5 Å². The Morgan fingerprint density at radius 1 is 1.02 bits per heavy atom. The van der Waals surface area contributed by atoms with Crippen LogP contribution in [0, 0.1) is 0 Å². The first-order valence-corrected chi connectivity index (χ1v) is 14.8. The highest BCUT2D eigenvalue weighted by molar-refractivity contribution is 5.87. The summed E-state index contributed by atoms with van der Waals surface area (Å²) in [6, 6.07) is 16.0. The lowest BCUT2D eigenvalue weighted by Crippen LogP contribution is -2.33. The van der Waals surface area contributed by atoms with Crippen LogP contribution in [0.25, 0.3) is 5.69 Å². The van der Waals surface area contributed by atoms with Gasteiger partial charge in [0.2, 0.25) is 0 Å². The summed E-state index contributed by atoms with van der Waals surface area (Å²) in [6.07, 6.45) is 6.38. The molecule has 0 bridgehead atoms. The number of hydrogen-bond donors (Lipinski definition) is 3. The third-order valence-corrected chi connectivity index (χ3v) is 6.45. The van der Waals surface area contributed by atoms with E-state index in [2.05, 4.69) is 38.1 Å². The molecule has 1 unspecified atom stereocenters. The molecule has 0 saturated carbocycles. The maximum absolute atomic E-state index is 11.8. The molecule has 1 aliphatic rings. The lowest BCUT2D eigenvalue weighted by molar-refractivity contribution is -0.143. The predicted molar refractivity (Wildman–Crippen MR) is 167 cm³/mol. The highest BCUT2D eigenvalue weighted by Crippen LogP contribution is 2.25. The average Bonchev–Trinajstić information content (AvgIpc) is 3.39. The van der Waals surface area contributed by atoms with Gasteiger partial charge in [0.15, 0.2) is 6.29 Å². The molecule has 0 fully saturated rings. The van der Waals surface area contributed by atoms with Crippen LogP contribution in [0.15, 0.2) is 59.9 Å². The molecule has 1 aromatic heterocycles. The summed E-state index contributed by atoms with van der Waals surface area (Å²) in [5, 5.41) is 9.63. The lowest BCUT2D eigenvalue weighted by Gasteiger charge is -2.23. The summed E-state index contributed by atoms with van der Waals surface area (Å²) < 4.78 is 18.0. The Bertz CT molecular complexity index is 1360. The number of nitrogens with one attached hydrogen (secondary N) is 3. The topological polar surface area (TPSA) is 128 Å². The number of aromatic nitrogens is 2. The van der Waals surface area contributed by atoms with E-state index in [-0.39, 0.29) is 18.4 Å². The van der Waals surface area contributed by atoms with Gasteiger partial charge in [-0.15, -0.1) is 0 Å². The second kappa shape index (κ2) is 15.1. The van der Waals surface area contributed by atoms with E-state index in [9.17, 15) is 9.59 Å². The smallest absolute Gasteiger partial charge is 0.407 e. The third kappa shape index (κ3) is 10.1. The standard InChI is InChI=1S/C32H42N6O5/c1-5-41-28(39)10-6-7-20-42-26-17-15-25(16-18-26)38-22-35-27-21-34-30(37-29(27)38)36-24-13-11-23(12-14-24)9-8-19-33-31(40)43-32(2,3)4/h11-18,21-22,30,36-37H,5-10,19-20H2,1-4H3,(H,33,40). The van der Waals surface area contributed by atoms with Crippen LogP contribution in [0.1, 0.15) is 64.6 Å². The quantitative estimate of drug-likeness (QED) is 0.162. The molecule has 1 atom stereocenters.